The van der Waals surface area contributed by atoms with Crippen LogP contribution in [0, 0.1) is 0 Å². The van der Waals surface area contributed by atoms with Crippen LogP contribution in [0.5, 0.6) is 0 Å². The molecule has 0 aromatic rings. The van der Waals surface area contributed by atoms with E-state index in [-0.39, 0.29) is 19.4 Å². The number of aliphatic hydroxyl groups excluding tert-OH is 5. The summed E-state index contributed by atoms with van der Waals surface area (Å²) < 4.78 is 17.5. The van der Waals surface area contributed by atoms with E-state index in [2.05, 4.69) is 111 Å². The van der Waals surface area contributed by atoms with Crippen LogP contribution < -0.4 is 5.32 Å². The van der Waals surface area contributed by atoms with Crippen LogP contribution in [0.2, 0.25) is 0 Å². The van der Waals surface area contributed by atoms with Crippen LogP contribution in [-0.4, -0.2) is 99.6 Å². The first-order chi connectivity index (χ1) is 36.7. The number of unbranched alkanes of at least 4 members (excludes halogenated alkanes) is 15. The number of aliphatic hydroxyl groups is 5. The van der Waals surface area contributed by atoms with Crippen LogP contribution in [0.15, 0.2) is 134 Å². The highest BCUT2D eigenvalue weighted by Crippen LogP contribution is 2.26. The lowest BCUT2D eigenvalue weighted by Crippen LogP contribution is -2.61. The monoisotopic (exact) mass is 1050 g/mol. The number of esters is 1. The van der Waals surface area contributed by atoms with Gasteiger partial charge in [-0.1, -0.05) is 225 Å². The van der Waals surface area contributed by atoms with Gasteiger partial charge < -0.3 is 45.1 Å². The molecule has 1 fully saturated rings. The zero-order valence-corrected chi connectivity index (χ0v) is 46.6. The van der Waals surface area contributed by atoms with Crippen molar-refractivity contribution < 1.29 is 49.3 Å². The molecule has 8 atom stereocenters. The van der Waals surface area contributed by atoms with E-state index < -0.39 is 67.4 Å². The second-order valence-electron chi connectivity index (χ2n) is 19.3. The molecule has 0 aromatic carbocycles. The molecular formula is C64H103NO10. The van der Waals surface area contributed by atoms with Crippen molar-refractivity contribution in [1.82, 2.24) is 5.32 Å². The molecule has 75 heavy (non-hydrogen) atoms. The SMILES string of the molecule is CC/C=C\C/C=C\C/C=C\C/C=C\C/C=C\C/C=C\CCCCCC(O)C(=O)NC(COC1OC(CO)C(O)C(O)C1OC(=O)CCCCC\C=C/C=C\C=C\C=C\CC)C(O)/C=C/CCCCCCCCCCC. The van der Waals surface area contributed by atoms with Crippen LogP contribution in [0.1, 0.15) is 194 Å². The van der Waals surface area contributed by atoms with Crippen LogP contribution >= 0.6 is 0 Å². The molecule has 1 amide bonds. The molecule has 1 aliphatic rings. The molecule has 1 aliphatic heterocycles. The first-order valence-electron chi connectivity index (χ1n) is 29.0. The number of carbonyl (C=O) groups is 2. The van der Waals surface area contributed by atoms with Crippen molar-refractivity contribution in [3.05, 3.63) is 134 Å². The van der Waals surface area contributed by atoms with E-state index in [0.717, 1.165) is 109 Å². The Morgan fingerprint density at radius 1 is 0.547 bits per heavy atom. The van der Waals surface area contributed by atoms with Crippen molar-refractivity contribution in [3.63, 3.8) is 0 Å². The van der Waals surface area contributed by atoms with E-state index >= 15 is 0 Å². The molecule has 1 saturated heterocycles. The Labute approximate surface area is 454 Å². The van der Waals surface area contributed by atoms with E-state index in [4.69, 9.17) is 14.2 Å². The Bertz CT molecular complexity index is 1720. The topological polar surface area (TPSA) is 175 Å². The van der Waals surface area contributed by atoms with E-state index in [1.165, 1.54) is 38.5 Å². The van der Waals surface area contributed by atoms with Crippen molar-refractivity contribution in [2.24, 2.45) is 0 Å². The summed E-state index contributed by atoms with van der Waals surface area (Å²) in [4.78, 5) is 26.4. The van der Waals surface area contributed by atoms with Crippen LogP contribution in [0.4, 0.5) is 0 Å². The van der Waals surface area contributed by atoms with Crippen LogP contribution in [0.3, 0.4) is 0 Å². The normalized spacial score (nSPS) is 20.2. The number of amides is 1. The number of ether oxygens (including phenoxy) is 3. The lowest BCUT2D eigenvalue weighted by Gasteiger charge is -2.41. The van der Waals surface area contributed by atoms with E-state index in [1.807, 2.05) is 42.5 Å². The molecule has 424 valence electrons. The molecular weight excluding hydrogens is 943 g/mol. The van der Waals surface area contributed by atoms with Gasteiger partial charge in [-0.25, -0.2) is 0 Å². The molecule has 0 radical (unpaired) electrons. The minimum absolute atomic E-state index is 0.0662. The van der Waals surface area contributed by atoms with Gasteiger partial charge in [0.15, 0.2) is 12.4 Å². The molecule has 1 heterocycles. The Kier molecular flexibility index (Phi) is 46.4. The third kappa shape index (κ3) is 38.9. The first-order valence-corrected chi connectivity index (χ1v) is 29.0. The number of hydrogen-bond donors (Lipinski definition) is 6. The van der Waals surface area contributed by atoms with Gasteiger partial charge >= 0.3 is 5.97 Å². The Morgan fingerprint density at radius 2 is 1.03 bits per heavy atom. The minimum Gasteiger partial charge on any atom is -0.454 e. The zero-order chi connectivity index (χ0) is 54.7. The maximum Gasteiger partial charge on any atom is 0.306 e. The largest absolute Gasteiger partial charge is 0.454 e. The van der Waals surface area contributed by atoms with E-state index in [9.17, 15) is 35.1 Å². The summed E-state index contributed by atoms with van der Waals surface area (Å²) in [7, 11) is 0. The van der Waals surface area contributed by atoms with Gasteiger partial charge in [-0.2, -0.15) is 0 Å². The highest BCUT2D eigenvalue weighted by Gasteiger charge is 2.47. The van der Waals surface area contributed by atoms with Gasteiger partial charge in [-0.3, -0.25) is 9.59 Å². The maximum absolute atomic E-state index is 13.4. The summed E-state index contributed by atoms with van der Waals surface area (Å²) >= 11 is 0. The summed E-state index contributed by atoms with van der Waals surface area (Å²) in [6.45, 7) is 5.45. The summed E-state index contributed by atoms with van der Waals surface area (Å²) in [6, 6.07) is -1.06. The van der Waals surface area contributed by atoms with Gasteiger partial charge in [0.05, 0.1) is 25.4 Å². The smallest absolute Gasteiger partial charge is 0.306 e. The molecule has 1 rings (SSSR count). The number of hydrogen-bond acceptors (Lipinski definition) is 10. The molecule has 0 bridgehead atoms. The molecule has 11 nitrogen and oxygen atoms in total. The molecule has 8 unspecified atom stereocenters. The molecule has 0 aliphatic carbocycles. The molecule has 0 saturated carbocycles. The highest BCUT2D eigenvalue weighted by molar-refractivity contribution is 5.80. The van der Waals surface area contributed by atoms with Crippen molar-refractivity contribution in [1.29, 1.82) is 0 Å². The number of nitrogens with one attached hydrogen (secondary N) is 1. The fraction of sp³-hybridized carbons (Fsp3) is 0.625. The summed E-state index contributed by atoms with van der Waals surface area (Å²) in [5.74, 6) is -1.28. The van der Waals surface area contributed by atoms with Crippen LogP contribution in [-0.2, 0) is 23.8 Å². The minimum atomic E-state index is -1.64. The van der Waals surface area contributed by atoms with Crippen molar-refractivity contribution in [3.8, 4) is 0 Å². The lowest BCUT2D eigenvalue weighted by atomic mass is 9.99. The summed E-state index contributed by atoms with van der Waals surface area (Å²) in [5.41, 5.74) is 0. The fourth-order valence-corrected chi connectivity index (χ4v) is 8.07. The van der Waals surface area contributed by atoms with E-state index in [0.29, 0.717) is 12.8 Å². The quantitative estimate of drug-likeness (QED) is 0.0149. The third-order valence-electron chi connectivity index (χ3n) is 12.6. The first kappa shape index (κ1) is 68.8. The second kappa shape index (κ2) is 50.6. The average molecular weight is 1050 g/mol. The Balaban J connectivity index is 2.74. The van der Waals surface area contributed by atoms with Crippen LogP contribution in [0.25, 0.3) is 0 Å². The highest BCUT2D eigenvalue weighted by atomic mass is 16.7. The third-order valence-corrected chi connectivity index (χ3v) is 12.6. The molecule has 11 heteroatoms. The Morgan fingerprint density at radius 3 is 1.60 bits per heavy atom. The molecule has 6 N–H and O–H groups in total. The van der Waals surface area contributed by atoms with Gasteiger partial charge in [0, 0.05) is 6.42 Å². The molecule has 0 aromatic heterocycles. The standard InChI is InChI=1S/C64H103NO10/c1-4-7-10-13-16-19-22-24-25-26-27-28-29-30-31-32-34-36-39-42-45-48-51-57(68)63(72)65-55(56(67)50-47-44-41-38-35-21-18-15-12-9-6-3)54-73-64-62(61(71)60(70)58(53-66)74-64)75-59(69)52-49-46-43-40-37-33-23-20-17-14-11-8-5-2/h7-8,10-11,14,16-17,19-20,23-25,27-28,30-31,33-34,36-37,47,50,55-58,60-62,64,66-68,70-71H,4-6,9,12-13,15,18,21-22,26,29,32,35,38-46,48-49,51-54H2,1-3H3,(H,65,72)/b10-7-,11-8+,17-14+,19-16-,23-20-,25-24-,28-27-,31-30-,36-34-,37-33-,50-47+. The van der Waals surface area contributed by atoms with Crippen molar-refractivity contribution in [2.75, 3.05) is 13.2 Å². The Hall–Kier alpha value is -4.20. The van der Waals surface area contributed by atoms with Gasteiger partial charge in [-0.15, -0.1) is 0 Å². The predicted molar refractivity (Wildman–Crippen MR) is 310 cm³/mol. The predicted octanol–water partition coefficient (Wildman–Crippen LogP) is 13.3. The average Bonchev–Trinajstić information content (AvgIpc) is 3.41. The molecule has 0 spiro atoms. The van der Waals surface area contributed by atoms with Gasteiger partial charge in [0.25, 0.3) is 0 Å². The zero-order valence-electron chi connectivity index (χ0n) is 46.6. The number of rotatable bonds is 46. The van der Waals surface area contributed by atoms with E-state index in [1.54, 1.807) is 6.08 Å². The second-order valence-corrected chi connectivity index (χ2v) is 19.3. The fourth-order valence-electron chi connectivity index (χ4n) is 8.07. The number of allylic oxidation sites excluding steroid dienone is 21. The maximum atomic E-state index is 13.4. The van der Waals surface area contributed by atoms with Crippen molar-refractivity contribution in [2.45, 2.75) is 243 Å². The lowest BCUT2D eigenvalue weighted by molar-refractivity contribution is -0.305. The summed E-state index contributed by atoms with van der Waals surface area (Å²) in [6.07, 6.45) is 60.7. The van der Waals surface area contributed by atoms with Gasteiger partial charge in [-0.05, 0) is 96.3 Å². The number of carbonyl (C=O) groups excluding carboxylic acids is 2. The van der Waals surface area contributed by atoms with Gasteiger partial charge in [0.2, 0.25) is 5.91 Å². The van der Waals surface area contributed by atoms with Gasteiger partial charge in [0.1, 0.15) is 24.4 Å². The summed E-state index contributed by atoms with van der Waals surface area (Å²) in [5, 5.41) is 56.8. The van der Waals surface area contributed by atoms with Crippen molar-refractivity contribution >= 4 is 11.9 Å².